The fraction of sp³-hybridized carbons (Fsp3) is 0.278. The van der Waals surface area contributed by atoms with Gasteiger partial charge in [0, 0.05) is 18.6 Å². The van der Waals surface area contributed by atoms with Crippen LogP contribution in [0.4, 0.5) is 5.69 Å². The molecule has 0 saturated carbocycles. The van der Waals surface area contributed by atoms with Gasteiger partial charge in [-0.2, -0.15) is 0 Å². The fourth-order valence-corrected chi connectivity index (χ4v) is 3.93. The van der Waals surface area contributed by atoms with Crippen LogP contribution in [-0.4, -0.2) is 17.3 Å². The van der Waals surface area contributed by atoms with E-state index in [1.807, 2.05) is 0 Å². The number of hydrogen-bond acceptors (Lipinski definition) is 4. The summed E-state index contributed by atoms with van der Waals surface area (Å²) in [6, 6.07) is 17.8. The van der Waals surface area contributed by atoms with Crippen LogP contribution in [0.15, 0.2) is 48.5 Å². The zero-order valence-electron chi connectivity index (χ0n) is 13.5. The Morgan fingerprint density at radius 3 is 1.88 bits per heavy atom. The first kappa shape index (κ1) is 17.1. The molecule has 24 heavy (non-hydrogen) atoms. The minimum absolute atomic E-state index is 0.203. The smallest absolute Gasteiger partial charge is 0.209 e. The monoisotopic (exact) mass is 347 g/mol. The van der Waals surface area contributed by atoms with Crippen LogP contribution >= 0.6 is 0 Å². The number of hydrogen-bond donors (Lipinski definition) is 0. The first-order chi connectivity index (χ1) is 11.2. The number of benzene rings is 2. The van der Waals surface area contributed by atoms with Crippen molar-refractivity contribution in [2.45, 2.75) is 25.2 Å². The lowest BCUT2D eigenvalue weighted by atomic mass is 9.75. The van der Waals surface area contributed by atoms with E-state index < -0.39 is 10.2 Å². The lowest BCUT2D eigenvalue weighted by molar-refractivity contribution is -2.00. The molecule has 126 valence electrons. The van der Waals surface area contributed by atoms with Gasteiger partial charge in [0.25, 0.3) is 0 Å². The van der Waals surface area contributed by atoms with E-state index in [4.69, 9.17) is 18.6 Å². The van der Waals surface area contributed by atoms with Crippen LogP contribution in [-0.2, 0) is 18.3 Å². The molecule has 2 aliphatic rings. The minimum Gasteiger partial charge on any atom is -0.222 e. The SMILES string of the molecule is CC1=[N+](C)c2ccccc2C12Cc1ccccc1C2.[O-][Cl+3]([O-])([O-])[O-]. The standard InChI is InChI=1S/C18H18N.ClHO4/c1-13-18(11-14-7-3-4-8-15(14)12-18)16-9-5-6-10-17(16)19(13)2;2-1(3,4)5/h3-10H,11-12H2,1-2H3;(H,2,3,4,5)/q+1;/p-1. The van der Waals surface area contributed by atoms with E-state index >= 15 is 0 Å². The molecule has 0 aromatic heterocycles. The molecule has 1 aliphatic heterocycles. The molecule has 1 spiro atoms. The van der Waals surface area contributed by atoms with Gasteiger partial charge < -0.3 is 0 Å². The van der Waals surface area contributed by atoms with E-state index in [0.717, 1.165) is 12.8 Å². The molecule has 0 unspecified atom stereocenters. The van der Waals surface area contributed by atoms with Gasteiger partial charge in [0.05, 0.1) is 5.41 Å². The molecule has 4 rings (SSSR count). The molecule has 2 aromatic rings. The Balaban J connectivity index is 0.000000300. The molecule has 0 N–H and O–H groups in total. The molecule has 2 aromatic carbocycles. The summed E-state index contributed by atoms with van der Waals surface area (Å²) in [7, 11) is -2.74. The van der Waals surface area contributed by atoms with Crippen LogP contribution in [0.25, 0.3) is 0 Å². The topological polar surface area (TPSA) is 95.2 Å². The first-order valence-corrected chi connectivity index (χ1v) is 8.81. The van der Waals surface area contributed by atoms with Crippen molar-refractivity contribution in [2.75, 3.05) is 7.05 Å². The van der Waals surface area contributed by atoms with Gasteiger partial charge >= 0.3 is 0 Å². The highest BCUT2D eigenvalue weighted by Crippen LogP contribution is 2.47. The van der Waals surface area contributed by atoms with Gasteiger partial charge in [-0.15, -0.1) is 10.2 Å². The first-order valence-electron chi connectivity index (χ1n) is 7.58. The van der Waals surface area contributed by atoms with Crippen LogP contribution in [0.3, 0.4) is 0 Å². The van der Waals surface area contributed by atoms with Crippen LogP contribution in [0.1, 0.15) is 23.6 Å². The Labute approximate surface area is 142 Å². The Kier molecular flexibility index (Phi) is 4.23. The van der Waals surface area contributed by atoms with Gasteiger partial charge in [-0.25, -0.2) is 23.2 Å². The summed E-state index contributed by atoms with van der Waals surface area (Å²) in [6.45, 7) is 2.30. The molecule has 0 atom stereocenters. The van der Waals surface area contributed by atoms with Crippen LogP contribution in [0.2, 0.25) is 0 Å². The number of halogens is 1. The molecule has 1 heterocycles. The molecule has 0 radical (unpaired) electrons. The highest BCUT2D eigenvalue weighted by Gasteiger charge is 2.51. The lowest BCUT2D eigenvalue weighted by Crippen LogP contribution is -2.68. The van der Waals surface area contributed by atoms with Crippen LogP contribution < -0.4 is 18.6 Å². The normalized spacial score (nSPS) is 17.4. The Bertz CT molecular complexity index is 780. The Morgan fingerprint density at radius 2 is 1.33 bits per heavy atom. The highest BCUT2D eigenvalue weighted by molar-refractivity contribution is 5.95. The molecular formula is C18H18ClNO4. The van der Waals surface area contributed by atoms with E-state index in [0.29, 0.717) is 0 Å². The predicted molar refractivity (Wildman–Crippen MR) is 78.5 cm³/mol. The second kappa shape index (κ2) is 5.95. The predicted octanol–water partition coefficient (Wildman–Crippen LogP) is -1.28. The van der Waals surface area contributed by atoms with E-state index in [-0.39, 0.29) is 5.41 Å². The molecule has 0 saturated heterocycles. The van der Waals surface area contributed by atoms with E-state index in [9.17, 15) is 0 Å². The van der Waals surface area contributed by atoms with Gasteiger partial charge in [-0.05, 0) is 24.0 Å². The average Bonchev–Trinajstić information content (AvgIpc) is 3.00. The fourth-order valence-electron chi connectivity index (χ4n) is 3.93. The average molecular weight is 348 g/mol. The number of rotatable bonds is 0. The molecule has 5 nitrogen and oxygen atoms in total. The number of para-hydroxylation sites is 1. The largest absolute Gasteiger partial charge is 0.222 e. The third-order valence-corrected chi connectivity index (χ3v) is 5.08. The summed E-state index contributed by atoms with van der Waals surface area (Å²) >= 11 is 0. The minimum atomic E-state index is -4.94. The van der Waals surface area contributed by atoms with E-state index in [1.54, 1.807) is 0 Å². The summed E-state index contributed by atoms with van der Waals surface area (Å²) in [5.41, 5.74) is 7.62. The van der Waals surface area contributed by atoms with Crippen molar-refractivity contribution in [1.29, 1.82) is 0 Å². The van der Waals surface area contributed by atoms with Crippen molar-refractivity contribution in [2.24, 2.45) is 0 Å². The van der Waals surface area contributed by atoms with Gasteiger partial charge in [0.1, 0.15) is 7.05 Å². The van der Waals surface area contributed by atoms with Crippen LogP contribution in [0.5, 0.6) is 0 Å². The van der Waals surface area contributed by atoms with Crippen molar-refractivity contribution in [1.82, 2.24) is 0 Å². The summed E-state index contributed by atoms with van der Waals surface area (Å²) in [5.74, 6) is 0. The lowest BCUT2D eigenvalue weighted by Gasteiger charge is -2.20. The molecule has 1 aliphatic carbocycles. The third-order valence-electron chi connectivity index (χ3n) is 5.08. The zero-order chi connectivity index (χ0) is 17.5. The van der Waals surface area contributed by atoms with Crippen LogP contribution in [0, 0.1) is 10.2 Å². The third kappa shape index (κ3) is 2.97. The van der Waals surface area contributed by atoms with E-state index in [2.05, 4.69) is 67.1 Å². The molecule has 0 bridgehead atoms. The van der Waals surface area contributed by atoms with Crippen molar-refractivity contribution in [3.8, 4) is 0 Å². The van der Waals surface area contributed by atoms with E-state index in [1.165, 1.54) is 28.1 Å². The summed E-state index contributed by atoms with van der Waals surface area (Å²) in [6.07, 6.45) is 2.30. The van der Waals surface area contributed by atoms with Gasteiger partial charge in [0.2, 0.25) is 5.69 Å². The molecule has 0 amide bonds. The summed E-state index contributed by atoms with van der Waals surface area (Å²) in [5, 5.41) is 0. The quantitative estimate of drug-likeness (QED) is 0.554. The van der Waals surface area contributed by atoms with Crippen molar-refractivity contribution in [3.05, 3.63) is 65.2 Å². The molecule has 0 fully saturated rings. The highest BCUT2D eigenvalue weighted by atomic mass is 35.7. The Morgan fingerprint density at radius 1 is 0.875 bits per heavy atom. The maximum absolute atomic E-state index is 8.49. The summed E-state index contributed by atoms with van der Waals surface area (Å²) < 4.78 is 36.3. The second-order valence-electron chi connectivity index (χ2n) is 6.24. The van der Waals surface area contributed by atoms with Crippen molar-refractivity contribution < 1.29 is 33.5 Å². The molecule has 6 heteroatoms. The van der Waals surface area contributed by atoms with Gasteiger partial charge in [0.15, 0.2) is 5.71 Å². The maximum Gasteiger partial charge on any atom is 0.209 e. The second-order valence-corrected chi connectivity index (χ2v) is 7.00. The maximum atomic E-state index is 8.49. The van der Waals surface area contributed by atoms with Crippen molar-refractivity contribution >= 4 is 11.4 Å². The summed E-state index contributed by atoms with van der Waals surface area (Å²) in [4.78, 5) is 0. The zero-order valence-corrected chi connectivity index (χ0v) is 14.2. The molecular weight excluding hydrogens is 330 g/mol. The van der Waals surface area contributed by atoms with Gasteiger partial charge in [-0.1, -0.05) is 42.5 Å². The Hall–Kier alpha value is -1.76. The van der Waals surface area contributed by atoms with Crippen molar-refractivity contribution in [3.63, 3.8) is 0 Å². The number of fused-ring (bicyclic) bond motifs is 3. The number of nitrogens with zero attached hydrogens (tertiary/aromatic N) is 1. The van der Waals surface area contributed by atoms with Gasteiger partial charge in [-0.3, -0.25) is 0 Å².